The van der Waals surface area contributed by atoms with Crippen molar-refractivity contribution in [3.63, 3.8) is 0 Å². The Labute approximate surface area is 138 Å². The zero-order chi connectivity index (χ0) is 16.7. The summed E-state index contributed by atoms with van der Waals surface area (Å²) < 4.78 is 0. The van der Waals surface area contributed by atoms with Gasteiger partial charge in [0.2, 0.25) is 5.91 Å². The van der Waals surface area contributed by atoms with E-state index in [1.165, 1.54) is 6.08 Å². The lowest BCUT2D eigenvalue weighted by atomic mass is 10.1. The lowest BCUT2D eigenvalue weighted by Gasteiger charge is -2.14. The van der Waals surface area contributed by atoms with Gasteiger partial charge in [-0.25, -0.2) is 0 Å². The Morgan fingerprint density at radius 3 is 2.79 bits per heavy atom. The predicted octanol–water partition coefficient (Wildman–Crippen LogP) is 2.62. The number of nitrogens with zero attached hydrogens (tertiary/aromatic N) is 2. The molecule has 3 N–H and O–H groups in total. The van der Waals surface area contributed by atoms with Crippen LogP contribution in [0.15, 0.2) is 49.1 Å². The van der Waals surface area contributed by atoms with Crippen LogP contribution < -0.4 is 5.32 Å². The zero-order valence-corrected chi connectivity index (χ0v) is 12.9. The monoisotopic (exact) mass is 320 g/mol. The average Bonchev–Trinajstić information content (AvgIpc) is 3.24. The fraction of sp³-hybridized carbons (Fsp3) is 0.167. The van der Waals surface area contributed by atoms with Crippen molar-refractivity contribution < 1.29 is 9.90 Å². The van der Waals surface area contributed by atoms with Crippen LogP contribution in [0.1, 0.15) is 18.5 Å². The lowest BCUT2D eigenvalue weighted by molar-refractivity contribution is -0.117. The van der Waals surface area contributed by atoms with E-state index < -0.39 is 0 Å². The van der Waals surface area contributed by atoms with Crippen molar-refractivity contribution in [2.75, 3.05) is 0 Å². The number of carbonyl (C=O) groups is 1. The molecule has 1 aliphatic rings. The molecular formula is C18H16N4O2. The van der Waals surface area contributed by atoms with E-state index in [-0.39, 0.29) is 17.2 Å². The third kappa shape index (κ3) is 2.32. The largest absolute Gasteiger partial charge is 0.507 e. The van der Waals surface area contributed by atoms with Gasteiger partial charge in [0.1, 0.15) is 5.75 Å². The van der Waals surface area contributed by atoms with Gasteiger partial charge in [-0.05, 0) is 43.2 Å². The van der Waals surface area contributed by atoms with E-state index in [1.54, 1.807) is 18.2 Å². The SMILES string of the molecule is C=CC(=O)NC1(c2cc3cc(-c4ccccc4O)nnc3[nH]2)CC1. The highest BCUT2D eigenvalue weighted by Gasteiger charge is 2.46. The third-order valence-electron chi connectivity index (χ3n) is 4.37. The molecule has 0 saturated heterocycles. The molecule has 1 aromatic carbocycles. The first-order valence-electron chi connectivity index (χ1n) is 7.71. The highest BCUT2D eigenvalue weighted by molar-refractivity contribution is 5.88. The van der Waals surface area contributed by atoms with Gasteiger partial charge in [0.25, 0.3) is 0 Å². The second-order valence-corrected chi connectivity index (χ2v) is 6.01. The van der Waals surface area contributed by atoms with Crippen LogP contribution in [0.25, 0.3) is 22.3 Å². The Balaban J connectivity index is 1.73. The quantitative estimate of drug-likeness (QED) is 0.645. The van der Waals surface area contributed by atoms with Gasteiger partial charge in [0.15, 0.2) is 5.65 Å². The first-order valence-corrected chi connectivity index (χ1v) is 7.71. The molecule has 0 atom stereocenters. The van der Waals surface area contributed by atoms with Gasteiger partial charge >= 0.3 is 0 Å². The Morgan fingerprint density at radius 1 is 1.29 bits per heavy atom. The number of aromatic hydroxyl groups is 1. The number of hydrogen-bond donors (Lipinski definition) is 3. The summed E-state index contributed by atoms with van der Waals surface area (Å²) in [6, 6.07) is 10.9. The van der Waals surface area contributed by atoms with Crippen LogP contribution >= 0.6 is 0 Å². The van der Waals surface area contributed by atoms with Crippen LogP contribution in [-0.4, -0.2) is 26.2 Å². The normalized spacial score (nSPS) is 15.2. The van der Waals surface area contributed by atoms with Crippen molar-refractivity contribution in [2.24, 2.45) is 0 Å². The standard InChI is InChI=1S/C18H16N4O2/c1-2-16(24)20-18(7-8-18)15-10-11-9-13(21-22-17(11)19-15)12-5-3-4-6-14(12)23/h2-6,9-10,23H,1,7-8H2,(H,19,22)(H,20,24). The summed E-state index contributed by atoms with van der Waals surface area (Å²) >= 11 is 0. The summed E-state index contributed by atoms with van der Waals surface area (Å²) in [4.78, 5) is 14.9. The molecule has 0 aliphatic heterocycles. The molecule has 4 rings (SSSR count). The fourth-order valence-corrected chi connectivity index (χ4v) is 2.89. The number of phenols is 1. The van der Waals surface area contributed by atoms with Crippen molar-refractivity contribution >= 4 is 16.9 Å². The minimum Gasteiger partial charge on any atom is -0.507 e. The molecule has 0 unspecified atom stereocenters. The van der Waals surface area contributed by atoms with Gasteiger partial charge in [-0.15, -0.1) is 10.2 Å². The maximum absolute atomic E-state index is 11.6. The summed E-state index contributed by atoms with van der Waals surface area (Å²) in [5.41, 5.74) is 2.45. The average molecular weight is 320 g/mol. The van der Waals surface area contributed by atoms with Gasteiger partial charge < -0.3 is 15.4 Å². The molecule has 1 aliphatic carbocycles. The van der Waals surface area contributed by atoms with Crippen LogP contribution in [0.2, 0.25) is 0 Å². The summed E-state index contributed by atoms with van der Waals surface area (Å²) in [7, 11) is 0. The highest BCUT2D eigenvalue weighted by Crippen LogP contribution is 2.45. The minimum absolute atomic E-state index is 0.166. The van der Waals surface area contributed by atoms with Gasteiger partial charge in [-0.3, -0.25) is 4.79 Å². The molecule has 3 aromatic rings. The minimum atomic E-state index is -0.360. The summed E-state index contributed by atoms with van der Waals surface area (Å²) in [5.74, 6) is -0.0223. The number of amides is 1. The van der Waals surface area contributed by atoms with E-state index in [0.29, 0.717) is 16.9 Å². The Bertz CT molecular complexity index is 957. The van der Waals surface area contributed by atoms with Gasteiger partial charge in [0, 0.05) is 16.6 Å². The number of carbonyl (C=O) groups excluding carboxylic acids is 1. The number of fused-ring (bicyclic) bond motifs is 1. The summed E-state index contributed by atoms with van der Waals surface area (Å²) in [5, 5.41) is 22.2. The molecule has 6 heteroatoms. The van der Waals surface area contributed by atoms with Crippen LogP contribution in [0.5, 0.6) is 5.75 Å². The Hall–Kier alpha value is -3.15. The molecule has 24 heavy (non-hydrogen) atoms. The highest BCUT2D eigenvalue weighted by atomic mass is 16.3. The molecule has 0 bridgehead atoms. The van der Waals surface area contributed by atoms with Crippen molar-refractivity contribution in [2.45, 2.75) is 18.4 Å². The van der Waals surface area contributed by atoms with Crippen molar-refractivity contribution in [1.29, 1.82) is 0 Å². The van der Waals surface area contributed by atoms with E-state index >= 15 is 0 Å². The fourth-order valence-electron chi connectivity index (χ4n) is 2.89. The van der Waals surface area contributed by atoms with Gasteiger partial charge in [-0.1, -0.05) is 18.7 Å². The number of hydrogen-bond acceptors (Lipinski definition) is 4. The van der Waals surface area contributed by atoms with Crippen molar-refractivity contribution in [1.82, 2.24) is 20.5 Å². The van der Waals surface area contributed by atoms with Crippen molar-refractivity contribution in [3.8, 4) is 17.0 Å². The number of phenolic OH excluding ortho intramolecular Hbond substituents is 1. The van der Waals surface area contributed by atoms with E-state index in [0.717, 1.165) is 23.9 Å². The first kappa shape index (κ1) is 14.4. The Kier molecular flexibility index (Phi) is 3.13. The number of H-pyrrole nitrogens is 1. The van der Waals surface area contributed by atoms with E-state index in [4.69, 9.17) is 0 Å². The lowest BCUT2D eigenvalue weighted by Crippen LogP contribution is -2.33. The number of rotatable bonds is 4. The molecule has 2 heterocycles. The first-order chi connectivity index (χ1) is 11.6. The van der Waals surface area contributed by atoms with Crippen LogP contribution in [0.4, 0.5) is 0 Å². The van der Waals surface area contributed by atoms with Gasteiger partial charge in [0.05, 0.1) is 11.2 Å². The molecular weight excluding hydrogens is 304 g/mol. The second-order valence-electron chi connectivity index (χ2n) is 6.01. The molecule has 1 saturated carbocycles. The van der Waals surface area contributed by atoms with E-state index in [1.807, 2.05) is 18.2 Å². The molecule has 6 nitrogen and oxygen atoms in total. The number of aromatic nitrogens is 3. The van der Waals surface area contributed by atoms with Crippen LogP contribution in [0, 0.1) is 0 Å². The summed E-state index contributed by atoms with van der Waals surface area (Å²) in [6.07, 6.45) is 3.02. The number of para-hydroxylation sites is 1. The maximum atomic E-state index is 11.6. The van der Waals surface area contributed by atoms with Crippen LogP contribution in [-0.2, 0) is 10.3 Å². The summed E-state index contributed by atoms with van der Waals surface area (Å²) in [6.45, 7) is 3.49. The van der Waals surface area contributed by atoms with Gasteiger partial charge in [-0.2, -0.15) is 0 Å². The second kappa shape index (κ2) is 5.19. The molecule has 2 aromatic heterocycles. The molecule has 1 amide bonds. The number of benzene rings is 1. The predicted molar refractivity (Wildman–Crippen MR) is 90.2 cm³/mol. The topological polar surface area (TPSA) is 90.9 Å². The molecule has 1 fully saturated rings. The van der Waals surface area contributed by atoms with E-state index in [2.05, 4.69) is 27.1 Å². The molecule has 120 valence electrons. The zero-order valence-electron chi connectivity index (χ0n) is 12.9. The number of nitrogens with one attached hydrogen (secondary N) is 2. The molecule has 0 radical (unpaired) electrons. The molecule has 0 spiro atoms. The maximum Gasteiger partial charge on any atom is 0.244 e. The van der Waals surface area contributed by atoms with Crippen molar-refractivity contribution in [3.05, 3.63) is 54.7 Å². The Morgan fingerprint density at radius 2 is 2.08 bits per heavy atom. The van der Waals surface area contributed by atoms with E-state index in [9.17, 15) is 9.90 Å². The smallest absolute Gasteiger partial charge is 0.244 e. The van der Waals surface area contributed by atoms with Crippen LogP contribution in [0.3, 0.4) is 0 Å². The third-order valence-corrected chi connectivity index (χ3v) is 4.37. The number of aromatic amines is 1.